The summed E-state index contributed by atoms with van der Waals surface area (Å²) < 4.78 is 0. The van der Waals surface area contributed by atoms with Crippen molar-refractivity contribution in [1.82, 2.24) is 5.06 Å². The quantitative estimate of drug-likeness (QED) is 0.622. The summed E-state index contributed by atoms with van der Waals surface area (Å²) in [6.07, 6.45) is 0. The smallest absolute Gasteiger partial charge is 0.274 e. The third-order valence-corrected chi connectivity index (χ3v) is 4.81. The Kier molecular flexibility index (Phi) is 5.01. The van der Waals surface area contributed by atoms with Crippen LogP contribution in [0.25, 0.3) is 0 Å². The fourth-order valence-corrected chi connectivity index (χ4v) is 3.38. The standard InChI is InChI=1S/C14H15NO2S2/c1-15(17-2)14(16)12-7-3-4-8-13(12)19-10-11-6-5-9-18-11/h3-9H,10H2,1-2H3. The number of thioether (sulfide) groups is 1. The van der Waals surface area contributed by atoms with Crippen LogP contribution < -0.4 is 0 Å². The molecule has 0 atom stereocenters. The summed E-state index contributed by atoms with van der Waals surface area (Å²) >= 11 is 3.39. The second kappa shape index (κ2) is 6.75. The molecule has 2 rings (SSSR count). The summed E-state index contributed by atoms with van der Waals surface area (Å²) in [6.45, 7) is 0. The molecular weight excluding hydrogens is 278 g/mol. The third kappa shape index (κ3) is 3.59. The first kappa shape index (κ1) is 14.1. The molecule has 0 N–H and O–H groups in total. The molecule has 1 aromatic heterocycles. The van der Waals surface area contributed by atoms with Gasteiger partial charge >= 0.3 is 0 Å². The molecule has 2 aromatic rings. The summed E-state index contributed by atoms with van der Waals surface area (Å²) in [5.74, 6) is 0.746. The van der Waals surface area contributed by atoms with E-state index in [1.54, 1.807) is 30.1 Å². The number of carbonyl (C=O) groups is 1. The molecule has 0 unspecified atom stereocenters. The predicted molar refractivity (Wildman–Crippen MR) is 79.4 cm³/mol. The minimum Gasteiger partial charge on any atom is -0.274 e. The molecule has 1 amide bonds. The van der Waals surface area contributed by atoms with Gasteiger partial charge in [-0.05, 0) is 23.6 Å². The molecule has 0 aliphatic heterocycles. The Hall–Kier alpha value is -1.30. The first-order valence-electron chi connectivity index (χ1n) is 5.78. The lowest BCUT2D eigenvalue weighted by Gasteiger charge is -2.15. The van der Waals surface area contributed by atoms with Crippen molar-refractivity contribution < 1.29 is 9.63 Å². The van der Waals surface area contributed by atoms with Crippen LogP contribution >= 0.6 is 23.1 Å². The van der Waals surface area contributed by atoms with Crippen molar-refractivity contribution in [3.8, 4) is 0 Å². The second-order valence-electron chi connectivity index (χ2n) is 3.85. The summed E-state index contributed by atoms with van der Waals surface area (Å²) in [6, 6.07) is 11.7. The minimum atomic E-state index is -0.128. The van der Waals surface area contributed by atoms with E-state index >= 15 is 0 Å². The summed E-state index contributed by atoms with van der Waals surface area (Å²) in [4.78, 5) is 19.4. The SMILES string of the molecule is CON(C)C(=O)c1ccccc1SCc1cccs1. The van der Waals surface area contributed by atoms with Crippen molar-refractivity contribution in [2.75, 3.05) is 14.2 Å². The lowest BCUT2D eigenvalue weighted by Crippen LogP contribution is -2.25. The molecule has 5 heteroatoms. The van der Waals surface area contributed by atoms with Gasteiger partial charge in [-0.3, -0.25) is 9.63 Å². The van der Waals surface area contributed by atoms with Gasteiger partial charge in [-0.25, -0.2) is 5.06 Å². The number of thiophene rings is 1. The molecule has 0 aliphatic carbocycles. The van der Waals surface area contributed by atoms with Gasteiger partial charge in [-0.15, -0.1) is 23.1 Å². The van der Waals surface area contributed by atoms with Gasteiger partial charge in [-0.2, -0.15) is 0 Å². The van der Waals surface area contributed by atoms with E-state index in [0.29, 0.717) is 5.56 Å². The Morgan fingerprint density at radius 1 is 1.32 bits per heavy atom. The Bertz CT molecular complexity index is 540. The normalized spacial score (nSPS) is 10.4. The highest BCUT2D eigenvalue weighted by Crippen LogP contribution is 2.28. The Balaban J connectivity index is 2.14. The lowest BCUT2D eigenvalue weighted by molar-refractivity contribution is -0.0759. The van der Waals surface area contributed by atoms with Crippen LogP contribution in [0.5, 0.6) is 0 Å². The van der Waals surface area contributed by atoms with Crippen molar-refractivity contribution in [3.05, 3.63) is 52.2 Å². The molecule has 0 saturated carbocycles. The van der Waals surface area contributed by atoms with E-state index in [1.807, 2.05) is 30.3 Å². The molecule has 1 aromatic carbocycles. The Morgan fingerprint density at radius 3 is 2.79 bits per heavy atom. The number of hydrogen-bond donors (Lipinski definition) is 0. The monoisotopic (exact) mass is 293 g/mol. The number of rotatable bonds is 5. The first-order chi connectivity index (χ1) is 9.22. The van der Waals surface area contributed by atoms with Crippen molar-refractivity contribution >= 4 is 29.0 Å². The van der Waals surface area contributed by atoms with Crippen molar-refractivity contribution in [3.63, 3.8) is 0 Å². The number of benzene rings is 1. The van der Waals surface area contributed by atoms with E-state index in [2.05, 4.69) is 11.4 Å². The molecule has 0 aliphatic rings. The van der Waals surface area contributed by atoms with E-state index in [9.17, 15) is 4.79 Å². The average Bonchev–Trinajstić information content (AvgIpc) is 2.97. The van der Waals surface area contributed by atoms with Crippen LogP contribution in [0.1, 0.15) is 15.2 Å². The highest BCUT2D eigenvalue weighted by Gasteiger charge is 2.15. The maximum Gasteiger partial charge on any atom is 0.278 e. The van der Waals surface area contributed by atoms with E-state index < -0.39 is 0 Å². The molecule has 0 spiro atoms. The molecular formula is C14H15NO2S2. The van der Waals surface area contributed by atoms with E-state index in [0.717, 1.165) is 10.6 Å². The maximum atomic E-state index is 12.1. The largest absolute Gasteiger partial charge is 0.278 e. The zero-order valence-electron chi connectivity index (χ0n) is 10.8. The van der Waals surface area contributed by atoms with Gasteiger partial charge in [0.1, 0.15) is 0 Å². The number of hydrogen-bond acceptors (Lipinski definition) is 4. The van der Waals surface area contributed by atoms with Gasteiger partial charge in [0.25, 0.3) is 5.91 Å². The van der Waals surface area contributed by atoms with Gasteiger partial charge in [0.2, 0.25) is 0 Å². The average molecular weight is 293 g/mol. The van der Waals surface area contributed by atoms with Crippen LogP contribution in [0.2, 0.25) is 0 Å². The van der Waals surface area contributed by atoms with Gasteiger partial charge in [0, 0.05) is 22.6 Å². The topological polar surface area (TPSA) is 29.5 Å². The van der Waals surface area contributed by atoms with Gasteiger partial charge in [0.15, 0.2) is 0 Å². The maximum absolute atomic E-state index is 12.1. The molecule has 19 heavy (non-hydrogen) atoms. The van der Waals surface area contributed by atoms with Crippen LogP contribution in [-0.2, 0) is 10.6 Å². The predicted octanol–water partition coefficient (Wildman–Crippen LogP) is 3.67. The number of carbonyl (C=O) groups excluding carboxylic acids is 1. The second-order valence-corrected chi connectivity index (χ2v) is 5.90. The van der Waals surface area contributed by atoms with Gasteiger partial charge < -0.3 is 0 Å². The van der Waals surface area contributed by atoms with Crippen molar-refractivity contribution in [2.24, 2.45) is 0 Å². The minimum absolute atomic E-state index is 0.128. The van der Waals surface area contributed by atoms with Crippen LogP contribution in [0.3, 0.4) is 0 Å². The van der Waals surface area contributed by atoms with Crippen LogP contribution in [0, 0.1) is 0 Å². The molecule has 0 saturated heterocycles. The summed E-state index contributed by atoms with van der Waals surface area (Å²) in [5, 5.41) is 3.30. The number of amides is 1. The van der Waals surface area contributed by atoms with E-state index in [-0.39, 0.29) is 5.91 Å². The molecule has 0 fully saturated rings. The van der Waals surface area contributed by atoms with Crippen molar-refractivity contribution in [2.45, 2.75) is 10.6 Å². The number of nitrogens with zero attached hydrogens (tertiary/aromatic N) is 1. The summed E-state index contributed by atoms with van der Waals surface area (Å²) in [5.41, 5.74) is 0.674. The van der Waals surface area contributed by atoms with Gasteiger partial charge in [0.05, 0.1) is 12.7 Å². The fourth-order valence-electron chi connectivity index (χ4n) is 1.57. The third-order valence-electron chi connectivity index (χ3n) is 2.63. The Labute approximate surface area is 121 Å². The first-order valence-corrected chi connectivity index (χ1v) is 7.65. The van der Waals surface area contributed by atoms with Crippen LogP contribution in [0.4, 0.5) is 0 Å². The highest BCUT2D eigenvalue weighted by atomic mass is 32.2. The molecule has 0 bridgehead atoms. The molecule has 100 valence electrons. The highest BCUT2D eigenvalue weighted by molar-refractivity contribution is 7.98. The fraction of sp³-hybridized carbons (Fsp3) is 0.214. The van der Waals surface area contributed by atoms with Crippen LogP contribution in [0.15, 0.2) is 46.7 Å². The van der Waals surface area contributed by atoms with Crippen LogP contribution in [-0.4, -0.2) is 25.1 Å². The number of hydroxylamine groups is 2. The van der Waals surface area contributed by atoms with E-state index in [4.69, 9.17) is 4.84 Å². The zero-order chi connectivity index (χ0) is 13.7. The lowest BCUT2D eigenvalue weighted by atomic mass is 10.2. The molecule has 3 nitrogen and oxygen atoms in total. The zero-order valence-corrected chi connectivity index (χ0v) is 12.5. The summed E-state index contributed by atoms with van der Waals surface area (Å²) in [7, 11) is 3.10. The van der Waals surface area contributed by atoms with Gasteiger partial charge in [-0.1, -0.05) is 18.2 Å². The molecule has 0 radical (unpaired) electrons. The van der Waals surface area contributed by atoms with Crippen molar-refractivity contribution in [1.29, 1.82) is 0 Å². The Morgan fingerprint density at radius 2 is 2.11 bits per heavy atom. The molecule has 1 heterocycles. The van der Waals surface area contributed by atoms with E-state index in [1.165, 1.54) is 17.1 Å².